The summed E-state index contributed by atoms with van der Waals surface area (Å²) in [6.45, 7) is 2.28. The highest BCUT2D eigenvalue weighted by Crippen LogP contribution is 2.38. The molecule has 0 N–H and O–H groups in total. The van der Waals surface area contributed by atoms with Gasteiger partial charge in [0.2, 0.25) is 0 Å². The van der Waals surface area contributed by atoms with Crippen LogP contribution in [0, 0.1) is 0 Å². The van der Waals surface area contributed by atoms with Crippen molar-refractivity contribution in [1.82, 2.24) is 0 Å². The molecular formula is C21H28. The Bertz CT molecular complexity index is 576. The lowest BCUT2D eigenvalue weighted by Crippen LogP contribution is -1.96. The monoisotopic (exact) mass is 280 g/mol. The fourth-order valence-electron chi connectivity index (χ4n) is 3.94. The Hall–Kier alpha value is -1.30. The third-order valence-electron chi connectivity index (χ3n) is 5.14. The lowest BCUT2D eigenvalue weighted by molar-refractivity contribution is 0.668. The molecule has 21 heavy (non-hydrogen) atoms. The van der Waals surface area contributed by atoms with E-state index in [1.54, 1.807) is 11.1 Å². The van der Waals surface area contributed by atoms with Gasteiger partial charge in [0.05, 0.1) is 0 Å². The fraction of sp³-hybridized carbons (Fsp3) is 0.524. The zero-order valence-corrected chi connectivity index (χ0v) is 13.4. The minimum absolute atomic E-state index is 0.809. The average molecular weight is 280 g/mol. The summed E-state index contributed by atoms with van der Waals surface area (Å²) in [6.07, 6.45) is 12.2. The Kier molecular flexibility index (Phi) is 4.95. The highest BCUT2D eigenvalue weighted by atomic mass is 14.2. The van der Waals surface area contributed by atoms with Crippen molar-refractivity contribution in [1.29, 1.82) is 0 Å². The van der Waals surface area contributed by atoms with Gasteiger partial charge in [0.15, 0.2) is 0 Å². The summed E-state index contributed by atoms with van der Waals surface area (Å²) in [7, 11) is 0. The van der Waals surface area contributed by atoms with E-state index < -0.39 is 0 Å². The van der Waals surface area contributed by atoms with Gasteiger partial charge < -0.3 is 0 Å². The first-order valence-electron chi connectivity index (χ1n) is 8.90. The van der Waals surface area contributed by atoms with Gasteiger partial charge in [0, 0.05) is 0 Å². The molecule has 3 rings (SSSR count). The number of aryl methyl sites for hydroxylation is 1. The third-order valence-corrected chi connectivity index (χ3v) is 5.14. The van der Waals surface area contributed by atoms with E-state index in [9.17, 15) is 0 Å². The van der Waals surface area contributed by atoms with Crippen LogP contribution < -0.4 is 0 Å². The van der Waals surface area contributed by atoms with Crippen molar-refractivity contribution in [3.05, 3.63) is 47.5 Å². The SMILES string of the molecule is CCCCCCc1ccc(C2CCCC2)c2ccccc12. The van der Waals surface area contributed by atoms with E-state index in [0.29, 0.717) is 0 Å². The normalized spacial score (nSPS) is 15.9. The number of benzene rings is 2. The van der Waals surface area contributed by atoms with Crippen LogP contribution in [0.4, 0.5) is 0 Å². The van der Waals surface area contributed by atoms with Crippen LogP contribution in [-0.4, -0.2) is 0 Å². The summed E-state index contributed by atoms with van der Waals surface area (Å²) in [5.74, 6) is 0.809. The first-order chi connectivity index (χ1) is 10.4. The second-order valence-electron chi connectivity index (χ2n) is 6.65. The smallest absolute Gasteiger partial charge is 0.0146 e. The van der Waals surface area contributed by atoms with Crippen molar-refractivity contribution in [2.75, 3.05) is 0 Å². The van der Waals surface area contributed by atoms with Crippen LogP contribution >= 0.6 is 0 Å². The average Bonchev–Trinajstić information content (AvgIpc) is 3.05. The molecule has 1 fully saturated rings. The number of fused-ring (bicyclic) bond motifs is 1. The van der Waals surface area contributed by atoms with Gasteiger partial charge in [-0.1, -0.05) is 75.4 Å². The van der Waals surface area contributed by atoms with E-state index in [-0.39, 0.29) is 0 Å². The molecule has 0 spiro atoms. The van der Waals surface area contributed by atoms with Gasteiger partial charge in [-0.05, 0) is 53.5 Å². The molecule has 1 aliphatic carbocycles. The molecule has 0 saturated heterocycles. The van der Waals surface area contributed by atoms with Gasteiger partial charge in [0.1, 0.15) is 0 Å². The highest BCUT2D eigenvalue weighted by molar-refractivity contribution is 5.89. The molecule has 0 nitrogen and oxygen atoms in total. The lowest BCUT2D eigenvalue weighted by Gasteiger charge is -2.16. The van der Waals surface area contributed by atoms with Crippen LogP contribution in [0.25, 0.3) is 10.8 Å². The molecule has 2 aromatic rings. The molecule has 2 aromatic carbocycles. The van der Waals surface area contributed by atoms with E-state index in [1.165, 1.54) is 68.6 Å². The van der Waals surface area contributed by atoms with Crippen molar-refractivity contribution in [2.45, 2.75) is 70.6 Å². The molecule has 1 aliphatic rings. The maximum absolute atomic E-state index is 2.44. The molecule has 0 amide bonds. The highest BCUT2D eigenvalue weighted by Gasteiger charge is 2.19. The zero-order valence-electron chi connectivity index (χ0n) is 13.4. The predicted molar refractivity (Wildman–Crippen MR) is 93.0 cm³/mol. The van der Waals surface area contributed by atoms with Crippen molar-refractivity contribution in [3.8, 4) is 0 Å². The lowest BCUT2D eigenvalue weighted by atomic mass is 9.89. The van der Waals surface area contributed by atoms with Crippen molar-refractivity contribution in [2.24, 2.45) is 0 Å². The minimum atomic E-state index is 0.809. The van der Waals surface area contributed by atoms with E-state index in [2.05, 4.69) is 43.3 Å². The molecule has 1 saturated carbocycles. The van der Waals surface area contributed by atoms with Crippen LogP contribution in [0.1, 0.15) is 75.3 Å². The van der Waals surface area contributed by atoms with Gasteiger partial charge in [-0.25, -0.2) is 0 Å². The van der Waals surface area contributed by atoms with E-state index in [1.807, 2.05) is 0 Å². The Morgan fingerprint density at radius 2 is 1.62 bits per heavy atom. The molecule has 112 valence electrons. The van der Waals surface area contributed by atoms with Gasteiger partial charge in [-0.15, -0.1) is 0 Å². The largest absolute Gasteiger partial charge is 0.0654 e. The van der Waals surface area contributed by atoms with Crippen LogP contribution in [0.15, 0.2) is 36.4 Å². The summed E-state index contributed by atoms with van der Waals surface area (Å²) in [4.78, 5) is 0. The molecule has 0 unspecified atom stereocenters. The first-order valence-corrected chi connectivity index (χ1v) is 8.90. The van der Waals surface area contributed by atoms with E-state index in [4.69, 9.17) is 0 Å². The molecule has 0 aromatic heterocycles. The van der Waals surface area contributed by atoms with Crippen molar-refractivity contribution in [3.63, 3.8) is 0 Å². The molecule has 0 heterocycles. The summed E-state index contributed by atoms with van der Waals surface area (Å²) in [6, 6.07) is 14.0. The summed E-state index contributed by atoms with van der Waals surface area (Å²) in [5, 5.41) is 3.04. The molecule has 0 radical (unpaired) electrons. The standard InChI is InChI=1S/C21H28/c1-2-3-4-5-10-18-15-16-20(17-11-6-7-12-17)21-14-9-8-13-19(18)21/h8-9,13-17H,2-7,10-12H2,1H3. The van der Waals surface area contributed by atoms with Gasteiger partial charge in [-0.2, -0.15) is 0 Å². The van der Waals surface area contributed by atoms with Gasteiger partial charge in [0.25, 0.3) is 0 Å². The molecule has 0 atom stereocenters. The quantitative estimate of drug-likeness (QED) is 0.521. The fourth-order valence-corrected chi connectivity index (χ4v) is 3.94. The topological polar surface area (TPSA) is 0 Å². The number of hydrogen-bond acceptors (Lipinski definition) is 0. The minimum Gasteiger partial charge on any atom is -0.0654 e. The Morgan fingerprint density at radius 3 is 2.38 bits per heavy atom. The maximum Gasteiger partial charge on any atom is -0.0146 e. The Balaban J connectivity index is 1.87. The first kappa shape index (κ1) is 14.6. The van der Waals surface area contributed by atoms with Crippen molar-refractivity contribution < 1.29 is 0 Å². The number of hydrogen-bond donors (Lipinski definition) is 0. The maximum atomic E-state index is 2.44. The molecule has 0 aliphatic heterocycles. The summed E-state index contributed by atoms with van der Waals surface area (Å²) < 4.78 is 0. The Labute approximate surface area is 129 Å². The van der Waals surface area contributed by atoms with Gasteiger partial charge >= 0.3 is 0 Å². The van der Waals surface area contributed by atoms with Crippen LogP contribution in [0.2, 0.25) is 0 Å². The van der Waals surface area contributed by atoms with E-state index in [0.717, 1.165) is 5.92 Å². The third kappa shape index (κ3) is 3.31. The van der Waals surface area contributed by atoms with E-state index >= 15 is 0 Å². The van der Waals surface area contributed by atoms with Crippen LogP contribution in [0.5, 0.6) is 0 Å². The predicted octanol–water partition coefficient (Wildman–Crippen LogP) is 6.62. The molecule has 0 heteroatoms. The zero-order chi connectivity index (χ0) is 14.5. The van der Waals surface area contributed by atoms with Crippen LogP contribution in [0.3, 0.4) is 0 Å². The van der Waals surface area contributed by atoms with Crippen LogP contribution in [-0.2, 0) is 6.42 Å². The second kappa shape index (κ2) is 7.11. The number of unbranched alkanes of at least 4 members (excludes halogenated alkanes) is 3. The summed E-state index contributed by atoms with van der Waals surface area (Å²) >= 11 is 0. The van der Waals surface area contributed by atoms with Crippen molar-refractivity contribution >= 4 is 10.8 Å². The van der Waals surface area contributed by atoms with Gasteiger partial charge in [-0.3, -0.25) is 0 Å². The summed E-state index contributed by atoms with van der Waals surface area (Å²) in [5.41, 5.74) is 3.17. The molecular weight excluding hydrogens is 252 g/mol. The Morgan fingerprint density at radius 1 is 0.857 bits per heavy atom. The molecule has 0 bridgehead atoms. The number of rotatable bonds is 6. The second-order valence-corrected chi connectivity index (χ2v) is 6.65.